The second-order valence-corrected chi connectivity index (χ2v) is 5.34. The van der Waals surface area contributed by atoms with Crippen molar-refractivity contribution in [1.82, 2.24) is 4.90 Å². The highest BCUT2D eigenvalue weighted by atomic mass is 15.2. The fraction of sp³-hybridized carbons (Fsp3) is 0.571. The molecule has 2 fully saturated rings. The summed E-state index contributed by atoms with van der Waals surface area (Å²) in [5.41, 5.74) is 2.21. The monoisotopic (exact) mass is 201 g/mol. The van der Waals surface area contributed by atoms with Crippen molar-refractivity contribution < 1.29 is 0 Å². The lowest BCUT2D eigenvalue weighted by Gasteiger charge is -2.48. The summed E-state index contributed by atoms with van der Waals surface area (Å²) < 4.78 is 0. The van der Waals surface area contributed by atoms with E-state index in [1.165, 1.54) is 44.3 Å². The standard InChI is InChI=1S/C14H19N/c1-2-6-13(7-3-1)10-15-11-14(12-15)8-4-5-9-14/h1-3,6-7H,4-5,8-12H2. The number of hydrogen-bond donors (Lipinski definition) is 0. The van der Waals surface area contributed by atoms with Crippen LogP contribution in [0, 0.1) is 5.41 Å². The molecule has 1 nitrogen and oxygen atoms in total. The lowest BCUT2D eigenvalue weighted by Crippen LogP contribution is -2.54. The molecule has 1 aromatic carbocycles. The Kier molecular flexibility index (Phi) is 2.28. The quantitative estimate of drug-likeness (QED) is 0.711. The van der Waals surface area contributed by atoms with E-state index in [4.69, 9.17) is 0 Å². The Morgan fingerprint density at radius 2 is 1.67 bits per heavy atom. The molecule has 1 aliphatic carbocycles. The molecule has 15 heavy (non-hydrogen) atoms. The maximum absolute atomic E-state index is 2.60. The predicted molar refractivity (Wildman–Crippen MR) is 62.6 cm³/mol. The molecule has 1 saturated carbocycles. The van der Waals surface area contributed by atoms with Crippen molar-refractivity contribution >= 4 is 0 Å². The van der Waals surface area contributed by atoms with Gasteiger partial charge in [-0.2, -0.15) is 0 Å². The van der Waals surface area contributed by atoms with Crippen LogP contribution in [0.5, 0.6) is 0 Å². The highest BCUT2D eigenvalue weighted by molar-refractivity contribution is 5.15. The second-order valence-electron chi connectivity index (χ2n) is 5.34. The largest absolute Gasteiger partial charge is 0.298 e. The van der Waals surface area contributed by atoms with Crippen molar-refractivity contribution in [3.63, 3.8) is 0 Å². The SMILES string of the molecule is c1ccc(CN2CC3(CCCC3)C2)cc1. The van der Waals surface area contributed by atoms with Gasteiger partial charge in [-0.05, 0) is 23.8 Å². The summed E-state index contributed by atoms with van der Waals surface area (Å²) in [6.07, 6.45) is 5.91. The Hall–Kier alpha value is -0.820. The van der Waals surface area contributed by atoms with E-state index < -0.39 is 0 Å². The Morgan fingerprint density at radius 1 is 1.00 bits per heavy atom. The Balaban J connectivity index is 1.56. The van der Waals surface area contributed by atoms with Crippen molar-refractivity contribution in [2.75, 3.05) is 13.1 Å². The third-order valence-corrected chi connectivity index (χ3v) is 4.03. The highest BCUT2D eigenvalue weighted by Crippen LogP contribution is 2.45. The van der Waals surface area contributed by atoms with Crippen LogP contribution in [-0.4, -0.2) is 18.0 Å². The van der Waals surface area contributed by atoms with Gasteiger partial charge in [0.2, 0.25) is 0 Å². The molecule has 1 spiro atoms. The fourth-order valence-corrected chi connectivity index (χ4v) is 3.30. The molecule has 1 aliphatic heterocycles. The van der Waals surface area contributed by atoms with Crippen LogP contribution in [0.3, 0.4) is 0 Å². The molecule has 1 aromatic rings. The van der Waals surface area contributed by atoms with Crippen LogP contribution in [-0.2, 0) is 6.54 Å². The molecule has 3 rings (SSSR count). The third kappa shape index (κ3) is 1.81. The molecular weight excluding hydrogens is 182 g/mol. The zero-order valence-corrected chi connectivity index (χ0v) is 9.28. The van der Waals surface area contributed by atoms with Gasteiger partial charge in [0.25, 0.3) is 0 Å². The number of benzene rings is 1. The van der Waals surface area contributed by atoms with E-state index in [0.29, 0.717) is 0 Å². The van der Waals surface area contributed by atoms with Crippen molar-refractivity contribution in [3.05, 3.63) is 35.9 Å². The second kappa shape index (κ2) is 3.64. The van der Waals surface area contributed by atoms with E-state index in [-0.39, 0.29) is 0 Å². The van der Waals surface area contributed by atoms with E-state index in [9.17, 15) is 0 Å². The van der Waals surface area contributed by atoms with E-state index >= 15 is 0 Å². The summed E-state index contributed by atoms with van der Waals surface area (Å²) in [4.78, 5) is 2.60. The van der Waals surface area contributed by atoms with Gasteiger partial charge >= 0.3 is 0 Å². The fourth-order valence-electron chi connectivity index (χ4n) is 3.30. The average molecular weight is 201 g/mol. The van der Waals surface area contributed by atoms with Gasteiger partial charge in [-0.3, -0.25) is 4.90 Å². The van der Waals surface area contributed by atoms with Crippen LogP contribution in [0.2, 0.25) is 0 Å². The Labute approximate surface area is 92.1 Å². The summed E-state index contributed by atoms with van der Waals surface area (Å²) in [6, 6.07) is 10.8. The maximum atomic E-state index is 2.60. The number of nitrogens with zero attached hydrogens (tertiary/aromatic N) is 1. The van der Waals surface area contributed by atoms with Crippen LogP contribution in [0.15, 0.2) is 30.3 Å². The van der Waals surface area contributed by atoms with Crippen LogP contribution in [0.4, 0.5) is 0 Å². The van der Waals surface area contributed by atoms with Crippen molar-refractivity contribution in [3.8, 4) is 0 Å². The molecule has 0 radical (unpaired) electrons. The minimum atomic E-state index is 0.745. The van der Waals surface area contributed by atoms with Gasteiger partial charge in [-0.1, -0.05) is 43.2 Å². The van der Waals surface area contributed by atoms with E-state index in [0.717, 1.165) is 12.0 Å². The predicted octanol–water partition coefficient (Wildman–Crippen LogP) is 3.06. The van der Waals surface area contributed by atoms with Crippen molar-refractivity contribution in [2.24, 2.45) is 5.41 Å². The lowest BCUT2D eigenvalue weighted by atomic mass is 9.78. The maximum Gasteiger partial charge on any atom is 0.0234 e. The molecule has 1 saturated heterocycles. The van der Waals surface area contributed by atoms with E-state index in [2.05, 4.69) is 35.2 Å². The summed E-state index contributed by atoms with van der Waals surface area (Å²) in [7, 11) is 0. The van der Waals surface area contributed by atoms with Gasteiger partial charge in [0.15, 0.2) is 0 Å². The van der Waals surface area contributed by atoms with Gasteiger partial charge in [0.05, 0.1) is 0 Å². The average Bonchev–Trinajstić information content (AvgIpc) is 2.68. The van der Waals surface area contributed by atoms with E-state index in [1.54, 1.807) is 0 Å². The molecule has 0 unspecified atom stereocenters. The van der Waals surface area contributed by atoms with Crippen molar-refractivity contribution in [1.29, 1.82) is 0 Å². The van der Waals surface area contributed by atoms with E-state index in [1.807, 2.05) is 0 Å². The molecule has 1 heterocycles. The van der Waals surface area contributed by atoms with Gasteiger partial charge in [-0.15, -0.1) is 0 Å². The first kappa shape index (κ1) is 9.41. The molecule has 1 heteroatoms. The molecule has 0 aromatic heterocycles. The molecule has 80 valence electrons. The van der Waals surface area contributed by atoms with Crippen LogP contribution in [0.1, 0.15) is 31.2 Å². The number of rotatable bonds is 2. The topological polar surface area (TPSA) is 3.24 Å². The first-order chi connectivity index (χ1) is 7.36. The molecule has 0 N–H and O–H groups in total. The van der Waals surface area contributed by atoms with Crippen LogP contribution >= 0.6 is 0 Å². The number of hydrogen-bond acceptors (Lipinski definition) is 1. The Bertz CT molecular complexity index is 316. The minimum absolute atomic E-state index is 0.745. The molecule has 2 aliphatic rings. The summed E-state index contributed by atoms with van der Waals surface area (Å²) in [6.45, 7) is 3.85. The lowest BCUT2D eigenvalue weighted by molar-refractivity contribution is -0.000246. The summed E-state index contributed by atoms with van der Waals surface area (Å²) >= 11 is 0. The molecule has 0 bridgehead atoms. The summed E-state index contributed by atoms with van der Waals surface area (Å²) in [5.74, 6) is 0. The van der Waals surface area contributed by atoms with Crippen molar-refractivity contribution in [2.45, 2.75) is 32.2 Å². The van der Waals surface area contributed by atoms with Gasteiger partial charge < -0.3 is 0 Å². The third-order valence-electron chi connectivity index (χ3n) is 4.03. The molecular formula is C14H19N. The minimum Gasteiger partial charge on any atom is -0.298 e. The molecule has 0 amide bonds. The van der Waals surface area contributed by atoms with Gasteiger partial charge in [0, 0.05) is 19.6 Å². The highest BCUT2D eigenvalue weighted by Gasteiger charge is 2.44. The first-order valence-corrected chi connectivity index (χ1v) is 6.13. The van der Waals surface area contributed by atoms with Gasteiger partial charge in [0.1, 0.15) is 0 Å². The normalized spacial score (nSPS) is 24.3. The zero-order chi connectivity index (χ0) is 10.1. The smallest absolute Gasteiger partial charge is 0.0234 e. The number of likely N-dealkylation sites (tertiary alicyclic amines) is 1. The first-order valence-electron chi connectivity index (χ1n) is 6.13. The van der Waals surface area contributed by atoms with Crippen LogP contribution < -0.4 is 0 Å². The van der Waals surface area contributed by atoms with Gasteiger partial charge in [-0.25, -0.2) is 0 Å². The summed E-state index contributed by atoms with van der Waals surface area (Å²) in [5, 5.41) is 0. The van der Waals surface area contributed by atoms with Crippen LogP contribution in [0.25, 0.3) is 0 Å². The Morgan fingerprint density at radius 3 is 2.33 bits per heavy atom. The zero-order valence-electron chi connectivity index (χ0n) is 9.28. The molecule has 0 atom stereocenters.